The minimum Gasteiger partial charge on any atom is -0.454 e. The first kappa shape index (κ1) is 13.0. The number of aromatic nitrogens is 1. The second kappa shape index (κ2) is 4.92. The molecule has 0 saturated carbocycles. The van der Waals surface area contributed by atoms with Gasteiger partial charge in [0.1, 0.15) is 17.5 Å². The number of anilines is 1. The zero-order valence-electron chi connectivity index (χ0n) is 12.1. The van der Waals surface area contributed by atoms with Gasteiger partial charge in [-0.25, -0.2) is 4.98 Å². The van der Waals surface area contributed by atoms with Gasteiger partial charge < -0.3 is 15.2 Å². The van der Waals surface area contributed by atoms with E-state index < -0.39 is 0 Å². The third-order valence-electron chi connectivity index (χ3n) is 4.28. The molecule has 0 amide bonds. The normalized spacial score (nSPS) is 15.2. The lowest BCUT2D eigenvalue weighted by atomic mass is 9.86. The van der Waals surface area contributed by atoms with E-state index in [0.29, 0.717) is 17.1 Å². The van der Waals surface area contributed by atoms with E-state index >= 15 is 0 Å². The lowest BCUT2D eigenvalue weighted by Gasteiger charge is -2.21. The standard InChI is InChI=1S/C17H15N3O2/c18-8-12-16(10-5-6-14-15(7-10)22-9-21-14)11-3-1-2-4-13(11)20-17(12)19/h5-7H,1-4,9H2,(H2,19,20). The van der Waals surface area contributed by atoms with Crippen LogP contribution in [0.1, 0.15) is 29.7 Å². The molecule has 1 aromatic heterocycles. The Balaban J connectivity index is 1.97. The fourth-order valence-corrected chi connectivity index (χ4v) is 3.25. The van der Waals surface area contributed by atoms with Crippen LogP contribution in [-0.2, 0) is 12.8 Å². The first-order valence-electron chi connectivity index (χ1n) is 7.39. The molecule has 0 unspecified atom stereocenters. The SMILES string of the molecule is N#Cc1c(N)nc2c(c1-c1ccc3c(c1)OCO3)CCCC2. The van der Waals surface area contributed by atoms with Gasteiger partial charge in [-0.3, -0.25) is 0 Å². The summed E-state index contributed by atoms with van der Waals surface area (Å²) in [7, 11) is 0. The molecule has 0 spiro atoms. The molecule has 2 N–H and O–H groups in total. The monoisotopic (exact) mass is 293 g/mol. The number of rotatable bonds is 1. The van der Waals surface area contributed by atoms with Crippen LogP contribution in [0.5, 0.6) is 11.5 Å². The van der Waals surface area contributed by atoms with Gasteiger partial charge in [-0.15, -0.1) is 0 Å². The molecule has 0 saturated heterocycles. The predicted octanol–water partition coefficient (Wildman–Crippen LogP) is 2.81. The Labute approximate surface area is 128 Å². The van der Waals surface area contributed by atoms with Gasteiger partial charge in [0.05, 0.1) is 0 Å². The molecule has 4 rings (SSSR count). The zero-order chi connectivity index (χ0) is 15.1. The summed E-state index contributed by atoms with van der Waals surface area (Å²) >= 11 is 0. The quantitative estimate of drug-likeness (QED) is 0.874. The summed E-state index contributed by atoms with van der Waals surface area (Å²) in [5.41, 5.74) is 10.5. The highest BCUT2D eigenvalue weighted by Gasteiger charge is 2.23. The molecular formula is C17H15N3O2. The second-order valence-electron chi connectivity index (χ2n) is 5.56. The van der Waals surface area contributed by atoms with Crippen molar-refractivity contribution in [3.8, 4) is 28.7 Å². The van der Waals surface area contributed by atoms with Crippen molar-refractivity contribution in [1.82, 2.24) is 4.98 Å². The lowest BCUT2D eigenvalue weighted by Crippen LogP contribution is -2.11. The molecule has 0 fully saturated rings. The van der Waals surface area contributed by atoms with Gasteiger partial charge in [0.15, 0.2) is 11.5 Å². The maximum absolute atomic E-state index is 9.53. The van der Waals surface area contributed by atoms with Crippen molar-refractivity contribution in [2.24, 2.45) is 0 Å². The topological polar surface area (TPSA) is 81.2 Å². The number of ether oxygens (including phenoxy) is 2. The number of hydrogen-bond acceptors (Lipinski definition) is 5. The van der Waals surface area contributed by atoms with Crippen LogP contribution in [0, 0.1) is 11.3 Å². The van der Waals surface area contributed by atoms with Gasteiger partial charge in [-0.2, -0.15) is 5.26 Å². The molecule has 2 heterocycles. The van der Waals surface area contributed by atoms with Gasteiger partial charge in [-0.1, -0.05) is 6.07 Å². The van der Waals surface area contributed by atoms with E-state index in [0.717, 1.165) is 53.8 Å². The Morgan fingerprint density at radius 3 is 2.82 bits per heavy atom. The number of nitrogens with two attached hydrogens (primary N) is 1. The van der Waals surface area contributed by atoms with Crippen LogP contribution in [0.15, 0.2) is 18.2 Å². The molecule has 0 atom stereocenters. The number of nitriles is 1. The van der Waals surface area contributed by atoms with Gasteiger partial charge in [-0.05, 0) is 48.9 Å². The maximum atomic E-state index is 9.53. The fourth-order valence-electron chi connectivity index (χ4n) is 3.25. The summed E-state index contributed by atoms with van der Waals surface area (Å²) in [6.07, 6.45) is 4.08. The van der Waals surface area contributed by atoms with Crippen LogP contribution < -0.4 is 15.2 Å². The molecule has 2 aromatic rings. The Hall–Kier alpha value is -2.74. The molecule has 5 nitrogen and oxygen atoms in total. The maximum Gasteiger partial charge on any atom is 0.231 e. The molecule has 110 valence electrons. The minimum atomic E-state index is 0.237. The van der Waals surface area contributed by atoms with Gasteiger partial charge in [0.25, 0.3) is 0 Å². The van der Waals surface area contributed by atoms with E-state index in [9.17, 15) is 5.26 Å². The Bertz CT molecular complexity index is 809. The number of benzene rings is 1. The molecule has 22 heavy (non-hydrogen) atoms. The molecule has 1 aromatic carbocycles. The summed E-state index contributed by atoms with van der Waals surface area (Å²) < 4.78 is 10.8. The highest BCUT2D eigenvalue weighted by molar-refractivity contribution is 5.80. The number of aryl methyl sites for hydroxylation is 1. The van der Waals surface area contributed by atoms with Crippen molar-refractivity contribution in [1.29, 1.82) is 5.26 Å². The van der Waals surface area contributed by atoms with Gasteiger partial charge in [0.2, 0.25) is 6.79 Å². The van der Waals surface area contributed by atoms with Gasteiger partial charge >= 0.3 is 0 Å². The van der Waals surface area contributed by atoms with E-state index in [1.165, 1.54) is 0 Å². The highest BCUT2D eigenvalue weighted by Crippen LogP contribution is 2.40. The zero-order valence-corrected chi connectivity index (χ0v) is 12.1. The average molecular weight is 293 g/mol. The first-order valence-corrected chi connectivity index (χ1v) is 7.39. The Morgan fingerprint density at radius 1 is 1.14 bits per heavy atom. The van der Waals surface area contributed by atoms with Crippen molar-refractivity contribution in [3.63, 3.8) is 0 Å². The van der Waals surface area contributed by atoms with Crippen LogP contribution in [-0.4, -0.2) is 11.8 Å². The highest BCUT2D eigenvalue weighted by atomic mass is 16.7. The summed E-state index contributed by atoms with van der Waals surface area (Å²) in [6.45, 7) is 0.237. The van der Waals surface area contributed by atoms with E-state index in [4.69, 9.17) is 15.2 Å². The van der Waals surface area contributed by atoms with Crippen LogP contribution in [0.25, 0.3) is 11.1 Å². The van der Waals surface area contributed by atoms with E-state index in [-0.39, 0.29) is 6.79 Å². The number of fused-ring (bicyclic) bond motifs is 2. The molecule has 1 aliphatic carbocycles. The third-order valence-corrected chi connectivity index (χ3v) is 4.28. The van der Waals surface area contributed by atoms with Crippen LogP contribution >= 0.6 is 0 Å². The largest absolute Gasteiger partial charge is 0.454 e. The average Bonchev–Trinajstić information content (AvgIpc) is 3.01. The number of pyridine rings is 1. The first-order chi connectivity index (χ1) is 10.8. The fraction of sp³-hybridized carbons (Fsp3) is 0.294. The Morgan fingerprint density at radius 2 is 1.95 bits per heavy atom. The summed E-state index contributed by atoms with van der Waals surface area (Å²) in [5.74, 6) is 1.76. The van der Waals surface area contributed by atoms with Crippen molar-refractivity contribution < 1.29 is 9.47 Å². The molecule has 2 aliphatic rings. The van der Waals surface area contributed by atoms with Gasteiger partial charge in [0, 0.05) is 11.3 Å². The summed E-state index contributed by atoms with van der Waals surface area (Å²) in [4.78, 5) is 4.44. The van der Waals surface area contributed by atoms with Crippen LogP contribution in [0.4, 0.5) is 5.82 Å². The molecule has 1 aliphatic heterocycles. The molecular weight excluding hydrogens is 278 g/mol. The van der Waals surface area contributed by atoms with Crippen molar-refractivity contribution >= 4 is 5.82 Å². The van der Waals surface area contributed by atoms with Crippen molar-refractivity contribution in [2.45, 2.75) is 25.7 Å². The molecule has 0 bridgehead atoms. The smallest absolute Gasteiger partial charge is 0.231 e. The van der Waals surface area contributed by atoms with E-state index in [2.05, 4.69) is 11.1 Å². The Kier molecular flexibility index (Phi) is 2.90. The van der Waals surface area contributed by atoms with Crippen molar-refractivity contribution in [2.75, 3.05) is 12.5 Å². The van der Waals surface area contributed by atoms with Crippen molar-refractivity contribution in [3.05, 3.63) is 35.0 Å². The lowest BCUT2D eigenvalue weighted by molar-refractivity contribution is 0.174. The number of nitrogens with zero attached hydrogens (tertiary/aromatic N) is 2. The molecule has 5 heteroatoms. The predicted molar refractivity (Wildman–Crippen MR) is 81.6 cm³/mol. The summed E-state index contributed by atoms with van der Waals surface area (Å²) in [5, 5.41) is 9.53. The summed E-state index contributed by atoms with van der Waals surface area (Å²) in [6, 6.07) is 7.98. The third kappa shape index (κ3) is 1.88. The van der Waals surface area contributed by atoms with E-state index in [1.54, 1.807) is 0 Å². The molecule has 0 radical (unpaired) electrons. The number of hydrogen-bond donors (Lipinski definition) is 1. The second-order valence-corrected chi connectivity index (χ2v) is 5.56. The van der Waals surface area contributed by atoms with Crippen LogP contribution in [0.2, 0.25) is 0 Å². The van der Waals surface area contributed by atoms with E-state index in [1.807, 2.05) is 18.2 Å². The van der Waals surface area contributed by atoms with Crippen LogP contribution in [0.3, 0.4) is 0 Å². The minimum absolute atomic E-state index is 0.237. The number of nitrogen functional groups attached to an aromatic ring is 1.